The number of rotatable bonds is 5. The number of carbonyl (C=O) groups is 2. The van der Waals surface area contributed by atoms with Crippen LogP contribution in [0.4, 0.5) is 5.69 Å². The van der Waals surface area contributed by atoms with Crippen LogP contribution in [-0.2, 0) is 26.0 Å². The second-order valence-corrected chi connectivity index (χ2v) is 7.78. The molecule has 0 saturated heterocycles. The molecule has 1 N–H and O–H groups in total. The van der Waals surface area contributed by atoms with Crippen LogP contribution in [0, 0.1) is 5.92 Å². The van der Waals surface area contributed by atoms with Crippen molar-refractivity contribution in [1.29, 1.82) is 0 Å². The molecule has 7 nitrogen and oxygen atoms in total. The van der Waals surface area contributed by atoms with Crippen molar-refractivity contribution < 1.29 is 23.1 Å². The molecule has 1 atom stereocenters. The van der Waals surface area contributed by atoms with Gasteiger partial charge in [-0.1, -0.05) is 13.0 Å². The van der Waals surface area contributed by atoms with E-state index in [1.165, 1.54) is 33.0 Å². The summed E-state index contributed by atoms with van der Waals surface area (Å²) in [6, 6.07) is 4.69. The van der Waals surface area contributed by atoms with Crippen LogP contribution in [0.5, 0.6) is 0 Å². The van der Waals surface area contributed by atoms with Crippen LogP contribution in [0.2, 0.25) is 0 Å². The molecule has 2 rings (SSSR count). The number of nitrogens with zero attached hydrogens (tertiary/aromatic N) is 2. The first-order valence-corrected chi connectivity index (χ1v) is 8.68. The number of carbonyl (C=O) groups excluding carboxylic acids is 1. The molecule has 1 aromatic carbocycles. The van der Waals surface area contributed by atoms with Gasteiger partial charge in [0, 0.05) is 32.7 Å². The molecule has 0 radical (unpaired) electrons. The number of fused-ring (bicyclic) bond motifs is 1. The number of amides is 1. The predicted octanol–water partition coefficient (Wildman–Crippen LogP) is 0.937. The summed E-state index contributed by atoms with van der Waals surface area (Å²) in [4.78, 5) is 24.1. The molecule has 1 aliphatic heterocycles. The van der Waals surface area contributed by atoms with Crippen molar-refractivity contribution >= 4 is 27.6 Å². The van der Waals surface area contributed by atoms with Crippen molar-refractivity contribution in [3.05, 3.63) is 23.8 Å². The molecule has 126 valence electrons. The van der Waals surface area contributed by atoms with Crippen LogP contribution in [0.25, 0.3) is 0 Å². The second kappa shape index (κ2) is 6.29. The highest BCUT2D eigenvalue weighted by molar-refractivity contribution is 7.89. The number of carboxylic acid groups (broad SMARTS) is 1. The lowest BCUT2D eigenvalue weighted by atomic mass is 10.2. The van der Waals surface area contributed by atoms with Crippen molar-refractivity contribution in [2.45, 2.75) is 25.2 Å². The third kappa shape index (κ3) is 3.37. The Morgan fingerprint density at radius 1 is 1.39 bits per heavy atom. The Morgan fingerprint density at radius 2 is 2.04 bits per heavy atom. The van der Waals surface area contributed by atoms with E-state index in [2.05, 4.69) is 0 Å². The van der Waals surface area contributed by atoms with Crippen LogP contribution in [0.1, 0.15) is 19.4 Å². The molecule has 1 unspecified atom stereocenters. The molecule has 0 aromatic heterocycles. The molecular weight excluding hydrogens is 320 g/mol. The van der Waals surface area contributed by atoms with Crippen LogP contribution >= 0.6 is 0 Å². The minimum absolute atomic E-state index is 0.0597. The quantitative estimate of drug-likeness (QED) is 0.860. The number of hydrogen-bond acceptors (Lipinski definition) is 4. The van der Waals surface area contributed by atoms with Crippen LogP contribution < -0.4 is 4.90 Å². The molecule has 1 aliphatic rings. The highest BCUT2D eigenvalue weighted by atomic mass is 32.2. The van der Waals surface area contributed by atoms with Gasteiger partial charge in [0.2, 0.25) is 15.9 Å². The van der Waals surface area contributed by atoms with Gasteiger partial charge in [0.15, 0.2) is 0 Å². The molecule has 0 saturated carbocycles. The molecule has 0 spiro atoms. The molecule has 0 fully saturated rings. The zero-order valence-electron chi connectivity index (χ0n) is 13.3. The second-order valence-electron chi connectivity index (χ2n) is 5.74. The third-order valence-corrected chi connectivity index (χ3v) is 5.81. The maximum absolute atomic E-state index is 12.6. The van der Waals surface area contributed by atoms with Crippen molar-refractivity contribution in [3.8, 4) is 0 Å². The van der Waals surface area contributed by atoms with Gasteiger partial charge in [-0.15, -0.1) is 0 Å². The summed E-state index contributed by atoms with van der Waals surface area (Å²) in [7, 11) is -2.45. The molecule has 1 heterocycles. The van der Waals surface area contributed by atoms with Gasteiger partial charge in [-0.25, -0.2) is 12.7 Å². The highest BCUT2D eigenvalue weighted by Crippen LogP contribution is 2.31. The standard InChI is InChI=1S/C15H20N2O5S/c1-10(15(19)20)9-16(3)23(21,22)13-5-4-12-6-7-17(11(2)18)14(12)8-13/h4-5,8,10H,6-7,9H2,1-3H3,(H,19,20). The van der Waals surface area contributed by atoms with Crippen molar-refractivity contribution in [2.24, 2.45) is 5.92 Å². The number of aliphatic carboxylic acids is 1. The molecule has 8 heteroatoms. The molecule has 0 bridgehead atoms. The summed E-state index contributed by atoms with van der Waals surface area (Å²) in [6.07, 6.45) is 0.696. The van der Waals surface area contributed by atoms with Gasteiger partial charge < -0.3 is 10.0 Å². The topological polar surface area (TPSA) is 95.0 Å². The van der Waals surface area contributed by atoms with Crippen LogP contribution in [-0.4, -0.2) is 49.8 Å². The molecule has 0 aliphatic carbocycles. The fourth-order valence-electron chi connectivity index (χ4n) is 2.59. The molecule has 1 amide bonds. The molecular formula is C15H20N2O5S. The number of anilines is 1. The summed E-state index contributed by atoms with van der Waals surface area (Å²) < 4.78 is 26.2. The van der Waals surface area contributed by atoms with E-state index in [1.807, 2.05) is 0 Å². The minimum atomic E-state index is -3.81. The normalized spacial score (nSPS) is 15.6. The van der Waals surface area contributed by atoms with E-state index in [1.54, 1.807) is 11.0 Å². The zero-order chi connectivity index (χ0) is 17.4. The van der Waals surface area contributed by atoms with Gasteiger partial charge in [-0.2, -0.15) is 0 Å². The summed E-state index contributed by atoms with van der Waals surface area (Å²) in [5.74, 6) is -1.99. The van der Waals surface area contributed by atoms with Crippen molar-refractivity contribution in [1.82, 2.24) is 4.31 Å². The highest BCUT2D eigenvalue weighted by Gasteiger charge is 2.28. The Hall–Kier alpha value is -1.93. The van der Waals surface area contributed by atoms with E-state index in [4.69, 9.17) is 5.11 Å². The van der Waals surface area contributed by atoms with E-state index < -0.39 is 21.9 Å². The van der Waals surface area contributed by atoms with Crippen LogP contribution in [0.15, 0.2) is 23.1 Å². The Balaban J connectivity index is 2.33. The van der Waals surface area contributed by atoms with Gasteiger partial charge in [0.1, 0.15) is 0 Å². The number of hydrogen-bond donors (Lipinski definition) is 1. The van der Waals surface area contributed by atoms with Gasteiger partial charge >= 0.3 is 5.97 Å². The number of carboxylic acids is 1. The monoisotopic (exact) mass is 340 g/mol. The van der Waals surface area contributed by atoms with E-state index in [9.17, 15) is 18.0 Å². The smallest absolute Gasteiger partial charge is 0.307 e. The average molecular weight is 340 g/mol. The van der Waals surface area contributed by atoms with Gasteiger partial charge in [-0.3, -0.25) is 9.59 Å². The van der Waals surface area contributed by atoms with Gasteiger partial charge in [0.25, 0.3) is 0 Å². The zero-order valence-corrected chi connectivity index (χ0v) is 14.1. The van der Waals surface area contributed by atoms with Crippen LogP contribution in [0.3, 0.4) is 0 Å². The summed E-state index contributed by atoms with van der Waals surface area (Å²) in [6.45, 7) is 3.32. The predicted molar refractivity (Wildman–Crippen MR) is 84.8 cm³/mol. The minimum Gasteiger partial charge on any atom is -0.481 e. The van der Waals surface area contributed by atoms with E-state index in [0.29, 0.717) is 18.7 Å². The van der Waals surface area contributed by atoms with E-state index in [0.717, 1.165) is 9.87 Å². The largest absolute Gasteiger partial charge is 0.481 e. The SMILES string of the molecule is CC(=O)N1CCc2ccc(S(=O)(=O)N(C)CC(C)C(=O)O)cc21. The van der Waals surface area contributed by atoms with Gasteiger partial charge in [0.05, 0.1) is 10.8 Å². The Morgan fingerprint density at radius 3 is 2.61 bits per heavy atom. The first kappa shape index (κ1) is 17.4. The Labute approximate surface area is 135 Å². The lowest BCUT2D eigenvalue weighted by Crippen LogP contribution is -2.34. The summed E-state index contributed by atoms with van der Waals surface area (Å²) in [5.41, 5.74) is 1.54. The van der Waals surface area contributed by atoms with Crippen molar-refractivity contribution in [2.75, 3.05) is 25.0 Å². The number of sulfonamides is 1. The number of benzene rings is 1. The average Bonchev–Trinajstić information content (AvgIpc) is 2.89. The van der Waals surface area contributed by atoms with Crippen molar-refractivity contribution in [3.63, 3.8) is 0 Å². The first-order valence-electron chi connectivity index (χ1n) is 7.24. The Bertz CT molecular complexity index is 744. The fraction of sp³-hybridized carbons (Fsp3) is 0.467. The molecule has 23 heavy (non-hydrogen) atoms. The van der Waals surface area contributed by atoms with E-state index >= 15 is 0 Å². The summed E-state index contributed by atoms with van der Waals surface area (Å²) >= 11 is 0. The first-order chi connectivity index (χ1) is 10.6. The summed E-state index contributed by atoms with van der Waals surface area (Å²) in [5, 5.41) is 8.92. The van der Waals surface area contributed by atoms with Gasteiger partial charge in [-0.05, 0) is 24.1 Å². The lowest BCUT2D eigenvalue weighted by molar-refractivity contribution is -0.141. The maximum atomic E-state index is 12.6. The maximum Gasteiger partial charge on any atom is 0.307 e. The fourth-order valence-corrected chi connectivity index (χ4v) is 3.87. The Kier molecular flexibility index (Phi) is 4.76. The lowest BCUT2D eigenvalue weighted by Gasteiger charge is -2.21. The molecule has 1 aromatic rings. The van der Waals surface area contributed by atoms with E-state index in [-0.39, 0.29) is 17.3 Å². The third-order valence-electron chi connectivity index (χ3n) is 3.99.